The van der Waals surface area contributed by atoms with E-state index in [0.717, 1.165) is 29.6 Å². The van der Waals surface area contributed by atoms with Gasteiger partial charge < -0.3 is 4.57 Å². The minimum Gasteiger partial charge on any atom is -0.301 e. The molecule has 0 unspecified atom stereocenters. The fraction of sp³-hybridized carbons (Fsp3) is 0.333. The van der Waals surface area contributed by atoms with Crippen molar-refractivity contribution in [3.63, 3.8) is 0 Å². The molecular weight excluding hydrogens is 424 g/mol. The molecule has 160 valence electrons. The lowest BCUT2D eigenvalue weighted by Gasteiger charge is -2.08. The number of halogens is 1. The van der Waals surface area contributed by atoms with E-state index in [1.54, 1.807) is 10.8 Å². The van der Waals surface area contributed by atoms with Crippen LogP contribution in [0.1, 0.15) is 37.4 Å². The number of unbranched alkanes of at least 4 members (excludes halogenated alkanes) is 2. The molecule has 0 bridgehead atoms. The van der Waals surface area contributed by atoms with Gasteiger partial charge in [0.25, 0.3) is 5.91 Å². The number of aryl methyl sites for hydroxylation is 2. The second-order valence-corrected chi connectivity index (χ2v) is 9.44. The van der Waals surface area contributed by atoms with E-state index in [2.05, 4.69) is 9.82 Å². The molecule has 3 rings (SSSR count). The van der Waals surface area contributed by atoms with E-state index in [0.29, 0.717) is 22.7 Å². The number of aromatic nitrogens is 3. The Morgan fingerprint density at radius 1 is 1.27 bits per heavy atom. The highest BCUT2D eigenvalue weighted by atomic mass is 35.5. The average molecular weight is 449 g/mol. The van der Waals surface area contributed by atoms with Crippen LogP contribution in [0.25, 0.3) is 22.8 Å². The van der Waals surface area contributed by atoms with Crippen LogP contribution in [0.15, 0.2) is 36.5 Å². The van der Waals surface area contributed by atoms with Crippen LogP contribution in [0.3, 0.4) is 0 Å². The molecule has 7 nitrogen and oxygen atoms in total. The van der Waals surface area contributed by atoms with Crippen molar-refractivity contribution in [1.29, 1.82) is 0 Å². The van der Waals surface area contributed by atoms with Crippen LogP contribution in [-0.2, 0) is 21.9 Å². The monoisotopic (exact) mass is 448 g/mol. The lowest BCUT2D eigenvalue weighted by Crippen LogP contribution is -2.31. The van der Waals surface area contributed by atoms with E-state index >= 15 is 0 Å². The predicted octanol–water partition coefficient (Wildman–Crippen LogP) is 3.98. The molecule has 0 radical (unpaired) electrons. The lowest BCUT2D eigenvalue weighted by atomic mass is 10.2. The zero-order valence-corrected chi connectivity index (χ0v) is 18.8. The molecule has 0 spiro atoms. The van der Waals surface area contributed by atoms with Crippen molar-refractivity contribution < 1.29 is 13.2 Å². The Bertz CT molecular complexity index is 1210. The molecule has 0 saturated heterocycles. The summed E-state index contributed by atoms with van der Waals surface area (Å²) in [5, 5.41) is 6.09. The maximum atomic E-state index is 12.2. The number of fused-ring (bicyclic) bond motifs is 1. The first-order valence-electron chi connectivity index (χ1n) is 9.75. The Balaban J connectivity index is 1.89. The van der Waals surface area contributed by atoms with Crippen LogP contribution >= 0.6 is 11.6 Å². The molecule has 0 aliphatic rings. The summed E-state index contributed by atoms with van der Waals surface area (Å²) in [6, 6.07) is 7.60. The molecule has 9 heteroatoms. The molecule has 30 heavy (non-hydrogen) atoms. The Morgan fingerprint density at radius 3 is 2.77 bits per heavy atom. The molecule has 0 aliphatic carbocycles. The van der Waals surface area contributed by atoms with E-state index in [9.17, 15) is 13.2 Å². The second kappa shape index (κ2) is 9.06. The first-order chi connectivity index (χ1) is 14.2. The third-order valence-corrected chi connectivity index (χ3v) is 6.37. The Labute approximate surface area is 181 Å². The van der Waals surface area contributed by atoms with Gasteiger partial charge in [0, 0.05) is 35.3 Å². The standard InChI is InChI=1S/C21H25ClN4O3S/c1-4-5-6-13-30(28,29)24-20(27)10-9-18-15(2)23-25(3)21(18)26-12-11-16-7-8-17(22)14-19(16)26/h7-12,14H,4-6,13H2,1-3H3,(H,24,27)/b10-9+. The quantitative estimate of drug-likeness (QED) is 0.417. The second-order valence-electron chi connectivity index (χ2n) is 7.16. The van der Waals surface area contributed by atoms with Gasteiger partial charge in [0.15, 0.2) is 0 Å². The van der Waals surface area contributed by atoms with E-state index in [1.165, 1.54) is 6.08 Å². The van der Waals surface area contributed by atoms with Crippen LogP contribution in [0.5, 0.6) is 0 Å². The van der Waals surface area contributed by atoms with Crippen LogP contribution in [-0.4, -0.2) is 34.4 Å². The molecule has 0 aliphatic heterocycles. The smallest absolute Gasteiger partial charge is 0.257 e. The van der Waals surface area contributed by atoms with Crippen molar-refractivity contribution in [1.82, 2.24) is 19.1 Å². The van der Waals surface area contributed by atoms with Gasteiger partial charge in [-0.1, -0.05) is 37.4 Å². The zero-order valence-electron chi connectivity index (χ0n) is 17.2. The minimum absolute atomic E-state index is 0.0618. The number of nitrogens with one attached hydrogen (secondary N) is 1. The zero-order chi connectivity index (χ0) is 21.9. The van der Waals surface area contributed by atoms with Crippen molar-refractivity contribution in [2.24, 2.45) is 7.05 Å². The lowest BCUT2D eigenvalue weighted by molar-refractivity contribution is -0.114. The van der Waals surface area contributed by atoms with E-state index in [-0.39, 0.29) is 5.75 Å². The summed E-state index contributed by atoms with van der Waals surface area (Å²) in [5.74, 6) is 0.00832. The van der Waals surface area contributed by atoms with Gasteiger partial charge >= 0.3 is 0 Å². The van der Waals surface area contributed by atoms with Gasteiger partial charge in [-0.05, 0) is 37.6 Å². The SMILES string of the molecule is CCCCCS(=O)(=O)NC(=O)/C=C/c1c(C)nn(C)c1-n1ccc2ccc(Cl)cc21. The maximum absolute atomic E-state index is 12.2. The summed E-state index contributed by atoms with van der Waals surface area (Å²) >= 11 is 6.17. The number of nitrogens with zero attached hydrogens (tertiary/aromatic N) is 3. The van der Waals surface area contributed by atoms with Gasteiger partial charge in [-0.25, -0.2) is 13.1 Å². The average Bonchev–Trinajstić information content (AvgIpc) is 3.18. The number of carbonyl (C=O) groups is 1. The normalized spacial score (nSPS) is 12.1. The van der Waals surface area contributed by atoms with Gasteiger partial charge in [0.2, 0.25) is 10.0 Å². The first-order valence-corrected chi connectivity index (χ1v) is 11.8. The van der Waals surface area contributed by atoms with Crippen molar-refractivity contribution >= 4 is 44.5 Å². The predicted molar refractivity (Wildman–Crippen MR) is 120 cm³/mol. The number of amides is 1. The van der Waals surface area contributed by atoms with Crippen LogP contribution in [0.4, 0.5) is 0 Å². The molecule has 0 saturated carbocycles. The Hall–Kier alpha value is -2.58. The van der Waals surface area contributed by atoms with Gasteiger partial charge in [-0.15, -0.1) is 0 Å². The van der Waals surface area contributed by atoms with Crippen LogP contribution in [0.2, 0.25) is 5.02 Å². The summed E-state index contributed by atoms with van der Waals surface area (Å²) in [7, 11) is -1.83. The highest BCUT2D eigenvalue weighted by Gasteiger charge is 2.16. The number of hydrogen-bond donors (Lipinski definition) is 1. The number of carbonyl (C=O) groups excluding carboxylic acids is 1. The fourth-order valence-electron chi connectivity index (χ4n) is 3.37. The summed E-state index contributed by atoms with van der Waals surface area (Å²) in [5.41, 5.74) is 2.34. The maximum Gasteiger partial charge on any atom is 0.257 e. The highest BCUT2D eigenvalue weighted by Crippen LogP contribution is 2.27. The van der Waals surface area contributed by atoms with Crippen LogP contribution in [0, 0.1) is 6.92 Å². The number of sulfonamides is 1. The summed E-state index contributed by atoms with van der Waals surface area (Å²) in [6.07, 6.45) is 6.96. The topological polar surface area (TPSA) is 86.0 Å². The molecule has 0 atom stereocenters. The van der Waals surface area contributed by atoms with Crippen molar-refractivity contribution in [3.05, 3.63) is 52.8 Å². The minimum atomic E-state index is -3.64. The van der Waals surface area contributed by atoms with Crippen molar-refractivity contribution in [2.75, 3.05) is 5.75 Å². The number of rotatable bonds is 8. The molecule has 1 N–H and O–H groups in total. The van der Waals surface area contributed by atoms with E-state index in [4.69, 9.17) is 11.6 Å². The molecule has 1 aromatic carbocycles. The number of hydrogen-bond acceptors (Lipinski definition) is 4. The molecule has 2 heterocycles. The van der Waals surface area contributed by atoms with Crippen LogP contribution < -0.4 is 4.72 Å². The van der Waals surface area contributed by atoms with E-state index < -0.39 is 15.9 Å². The van der Waals surface area contributed by atoms with Gasteiger partial charge in [0.05, 0.1) is 17.0 Å². The molecule has 1 amide bonds. The van der Waals surface area contributed by atoms with Crippen molar-refractivity contribution in [2.45, 2.75) is 33.1 Å². The fourth-order valence-corrected chi connectivity index (χ4v) is 4.60. The third kappa shape index (κ3) is 4.94. The Morgan fingerprint density at radius 2 is 2.03 bits per heavy atom. The van der Waals surface area contributed by atoms with Gasteiger partial charge in [0.1, 0.15) is 5.82 Å². The molecule has 2 aromatic heterocycles. The molecular formula is C21H25ClN4O3S. The van der Waals surface area contributed by atoms with Gasteiger partial charge in [-0.3, -0.25) is 9.48 Å². The summed E-state index contributed by atoms with van der Waals surface area (Å²) in [6.45, 7) is 3.82. The van der Waals surface area contributed by atoms with E-state index in [1.807, 2.05) is 55.9 Å². The van der Waals surface area contributed by atoms with Crippen molar-refractivity contribution in [3.8, 4) is 5.82 Å². The summed E-state index contributed by atoms with van der Waals surface area (Å²) < 4.78 is 29.8. The Kier molecular flexibility index (Phi) is 6.67. The third-order valence-electron chi connectivity index (χ3n) is 4.79. The summed E-state index contributed by atoms with van der Waals surface area (Å²) in [4.78, 5) is 12.2. The highest BCUT2D eigenvalue weighted by molar-refractivity contribution is 7.90. The molecule has 0 fully saturated rings. The van der Waals surface area contributed by atoms with Gasteiger partial charge in [-0.2, -0.15) is 5.10 Å². The first kappa shape index (κ1) is 22.1. The number of benzene rings is 1. The molecule has 3 aromatic rings. The largest absolute Gasteiger partial charge is 0.301 e.